The van der Waals surface area contributed by atoms with Gasteiger partial charge in [-0.05, 0) is 85.8 Å². The number of methoxy groups -OCH3 is 1. The number of allylic oxidation sites excluding steroid dienone is 3. The standard InChI is InChI=1S/C43H34ClFN2O7/c1-43-31(17-8-23-9-19-35(48)36(20-23)54-2)28-15-16-29-37(30(28)22-32(43)40(51)47(42(43)53)27-14-18-34(45)33(44)21-27)41(52)46(39(29)50)26-12-10-25(11-13-26)38(49)24-6-4-3-5-7-24/h3-15,17-21,29-32,37,48H,16,22H2,1-2H3. The van der Waals surface area contributed by atoms with Crippen LogP contribution >= 0.6 is 11.6 Å². The lowest BCUT2D eigenvalue weighted by Crippen LogP contribution is -2.49. The van der Waals surface area contributed by atoms with E-state index < -0.39 is 58.5 Å². The Morgan fingerprint density at radius 1 is 0.870 bits per heavy atom. The number of aromatic hydroxyl groups is 1. The SMILES string of the molecule is COc1cc(C=CC2C3=CCC4C(=O)N(c5ccc(C(=O)c6ccccc6)cc5)C(=O)C4C3CC3C(=O)N(c4ccc(F)c(Cl)c4)C(=O)C23C)ccc1O. The fourth-order valence-electron chi connectivity index (χ4n) is 8.87. The van der Waals surface area contributed by atoms with E-state index in [0.29, 0.717) is 22.4 Å². The molecule has 6 atom stereocenters. The number of phenolic OH excluding ortho intramolecular Hbond substituents is 1. The first-order chi connectivity index (χ1) is 25.9. The van der Waals surface area contributed by atoms with Crippen molar-refractivity contribution < 1.29 is 38.2 Å². The van der Waals surface area contributed by atoms with Gasteiger partial charge in [0, 0.05) is 17.0 Å². The number of fused-ring (bicyclic) bond motifs is 4. The number of imide groups is 2. The number of carbonyl (C=O) groups excluding carboxylic acids is 5. The Hall–Kier alpha value is -5.87. The van der Waals surface area contributed by atoms with Gasteiger partial charge in [0.1, 0.15) is 5.82 Å². The fraction of sp³-hybridized carbons (Fsp3) is 0.233. The fourth-order valence-corrected chi connectivity index (χ4v) is 9.04. The first-order valence-corrected chi connectivity index (χ1v) is 18.0. The number of rotatable bonds is 7. The summed E-state index contributed by atoms with van der Waals surface area (Å²) in [4.78, 5) is 72.7. The summed E-state index contributed by atoms with van der Waals surface area (Å²) in [6, 6.07) is 23.7. The van der Waals surface area contributed by atoms with E-state index in [0.717, 1.165) is 16.5 Å². The monoisotopic (exact) mass is 744 g/mol. The molecule has 8 rings (SSSR count). The average Bonchev–Trinajstić information content (AvgIpc) is 3.55. The number of hydrogen-bond donors (Lipinski definition) is 1. The van der Waals surface area contributed by atoms with Crippen LogP contribution in [0.1, 0.15) is 41.3 Å². The van der Waals surface area contributed by atoms with E-state index in [1.807, 2.05) is 18.2 Å². The number of halogens is 2. The second-order valence-electron chi connectivity index (χ2n) is 14.3. The number of benzene rings is 4. The van der Waals surface area contributed by atoms with Crippen molar-refractivity contribution >= 4 is 58.5 Å². The van der Waals surface area contributed by atoms with E-state index in [4.69, 9.17) is 16.3 Å². The molecule has 1 N–H and O–H groups in total. The van der Waals surface area contributed by atoms with Crippen molar-refractivity contribution in [2.24, 2.45) is 35.0 Å². The highest BCUT2D eigenvalue weighted by atomic mass is 35.5. The number of phenols is 1. The number of anilines is 2. The van der Waals surface area contributed by atoms with Crippen molar-refractivity contribution in [3.05, 3.63) is 136 Å². The average molecular weight is 745 g/mol. The Kier molecular flexibility index (Phi) is 8.61. The molecule has 0 spiro atoms. The van der Waals surface area contributed by atoms with Gasteiger partial charge in [-0.3, -0.25) is 28.9 Å². The third kappa shape index (κ3) is 5.38. The molecular formula is C43H34ClFN2O7. The minimum Gasteiger partial charge on any atom is -0.504 e. The topological polar surface area (TPSA) is 121 Å². The smallest absolute Gasteiger partial charge is 0.241 e. The van der Waals surface area contributed by atoms with Crippen LogP contribution < -0.4 is 14.5 Å². The zero-order chi connectivity index (χ0) is 38.1. The Labute approximate surface area is 315 Å². The highest BCUT2D eigenvalue weighted by molar-refractivity contribution is 6.32. The van der Waals surface area contributed by atoms with E-state index >= 15 is 0 Å². The Bertz CT molecular complexity index is 2320. The molecule has 2 heterocycles. The van der Waals surface area contributed by atoms with Crippen LogP contribution in [0.5, 0.6) is 11.5 Å². The van der Waals surface area contributed by atoms with Gasteiger partial charge in [0.2, 0.25) is 23.6 Å². The maximum absolute atomic E-state index is 14.6. The maximum Gasteiger partial charge on any atom is 0.241 e. The Balaban J connectivity index is 1.17. The molecule has 4 aromatic rings. The molecule has 4 aliphatic rings. The molecule has 2 aliphatic carbocycles. The third-order valence-corrected chi connectivity index (χ3v) is 11.9. The van der Waals surface area contributed by atoms with Crippen molar-refractivity contribution in [1.29, 1.82) is 0 Å². The van der Waals surface area contributed by atoms with Crippen LogP contribution in [0.2, 0.25) is 5.02 Å². The quantitative estimate of drug-likeness (QED) is 0.119. The van der Waals surface area contributed by atoms with Gasteiger partial charge in [0.25, 0.3) is 0 Å². The van der Waals surface area contributed by atoms with Gasteiger partial charge in [0.05, 0.1) is 46.7 Å². The molecule has 54 heavy (non-hydrogen) atoms. The molecule has 4 aromatic carbocycles. The molecule has 2 aliphatic heterocycles. The Morgan fingerprint density at radius 3 is 2.28 bits per heavy atom. The molecule has 2 saturated heterocycles. The molecule has 1 saturated carbocycles. The normalized spacial score (nSPS) is 26.1. The maximum atomic E-state index is 14.6. The van der Waals surface area contributed by atoms with Crippen LogP contribution in [0.25, 0.3) is 6.08 Å². The van der Waals surface area contributed by atoms with Gasteiger partial charge in [-0.2, -0.15) is 0 Å². The number of ketones is 1. The van der Waals surface area contributed by atoms with Crippen LogP contribution in [0, 0.1) is 40.8 Å². The van der Waals surface area contributed by atoms with E-state index in [1.165, 1.54) is 30.2 Å². The van der Waals surface area contributed by atoms with Gasteiger partial charge in [-0.1, -0.05) is 71.8 Å². The van der Waals surface area contributed by atoms with Crippen LogP contribution in [0.4, 0.5) is 15.8 Å². The van der Waals surface area contributed by atoms with Gasteiger partial charge >= 0.3 is 0 Å². The highest BCUT2D eigenvalue weighted by Gasteiger charge is 2.67. The van der Waals surface area contributed by atoms with Gasteiger partial charge in [-0.15, -0.1) is 0 Å². The predicted octanol–water partition coefficient (Wildman–Crippen LogP) is 7.41. The molecular weight excluding hydrogens is 711 g/mol. The molecule has 6 unspecified atom stereocenters. The van der Waals surface area contributed by atoms with Crippen molar-refractivity contribution in [3.8, 4) is 11.5 Å². The van der Waals surface area contributed by atoms with Crippen LogP contribution in [-0.4, -0.2) is 41.6 Å². The first kappa shape index (κ1) is 35.2. The molecule has 4 amide bonds. The molecule has 0 radical (unpaired) electrons. The van der Waals surface area contributed by atoms with E-state index in [9.17, 15) is 33.5 Å². The summed E-state index contributed by atoms with van der Waals surface area (Å²) in [5, 5.41) is 9.94. The van der Waals surface area contributed by atoms with Gasteiger partial charge in [-0.25, -0.2) is 9.29 Å². The van der Waals surface area contributed by atoms with Gasteiger partial charge < -0.3 is 9.84 Å². The zero-order valence-electron chi connectivity index (χ0n) is 29.2. The minimum atomic E-state index is -1.31. The minimum absolute atomic E-state index is 0.0444. The molecule has 272 valence electrons. The third-order valence-electron chi connectivity index (χ3n) is 11.6. The van der Waals surface area contributed by atoms with E-state index in [1.54, 1.807) is 73.7 Å². The number of ether oxygens (including phenoxy) is 1. The molecule has 3 fully saturated rings. The highest BCUT2D eigenvalue weighted by Crippen LogP contribution is 2.61. The molecule has 0 bridgehead atoms. The summed E-state index contributed by atoms with van der Waals surface area (Å²) in [7, 11) is 1.43. The lowest BCUT2D eigenvalue weighted by atomic mass is 9.52. The number of amides is 4. The van der Waals surface area contributed by atoms with Crippen molar-refractivity contribution in [1.82, 2.24) is 0 Å². The summed E-state index contributed by atoms with van der Waals surface area (Å²) in [5.74, 6) is -6.04. The summed E-state index contributed by atoms with van der Waals surface area (Å²) in [6.07, 6.45) is 5.94. The summed E-state index contributed by atoms with van der Waals surface area (Å²) < 4.78 is 19.5. The second-order valence-corrected chi connectivity index (χ2v) is 14.8. The van der Waals surface area contributed by atoms with Crippen LogP contribution in [0.15, 0.2) is 109 Å². The molecule has 9 nitrogen and oxygen atoms in total. The summed E-state index contributed by atoms with van der Waals surface area (Å²) >= 11 is 6.10. The predicted molar refractivity (Wildman–Crippen MR) is 199 cm³/mol. The van der Waals surface area contributed by atoms with Crippen molar-refractivity contribution in [3.63, 3.8) is 0 Å². The zero-order valence-corrected chi connectivity index (χ0v) is 30.0. The summed E-state index contributed by atoms with van der Waals surface area (Å²) in [6.45, 7) is 1.74. The van der Waals surface area contributed by atoms with Crippen molar-refractivity contribution in [2.45, 2.75) is 19.8 Å². The number of carbonyl (C=O) groups is 5. The Morgan fingerprint density at radius 2 is 1.57 bits per heavy atom. The second kappa shape index (κ2) is 13.2. The number of nitrogens with zero attached hydrogens (tertiary/aromatic N) is 2. The molecule has 11 heteroatoms. The van der Waals surface area contributed by atoms with Crippen LogP contribution in [-0.2, 0) is 19.2 Å². The largest absolute Gasteiger partial charge is 0.504 e. The molecule has 0 aromatic heterocycles. The lowest BCUT2D eigenvalue weighted by Gasteiger charge is -2.47. The van der Waals surface area contributed by atoms with Crippen LogP contribution in [0.3, 0.4) is 0 Å². The lowest BCUT2D eigenvalue weighted by molar-refractivity contribution is -0.132. The van der Waals surface area contributed by atoms with E-state index in [-0.39, 0.29) is 46.7 Å². The first-order valence-electron chi connectivity index (χ1n) is 17.6. The number of hydrogen-bond acceptors (Lipinski definition) is 7. The van der Waals surface area contributed by atoms with E-state index in [2.05, 4.69) is 0 Å². The van der Waals surface area contributed by atoms with Crippen molar-refractivity contribution in [2.75, 3.05) is 16.9 Å². The summed E-state index contributed by atoms with van der Waals surface area (Å²) in [5.41, 5.74) is 1.54. The van der Waals surface area contributed by atoms with Gasteiger partial charge in [0.15, 0.2) is 17.3 Å².